The van der Waals surface area contributed by atoms with E-state index in [0.29, 0.717) is 0 Å². The van der Waals surface area contributed by atoms with Gasteiger partial charge in [-0.15, -0.1) is 0 Å². The summed E-state index contributed by atoms with van der Waals surface area (Å²) in [6, 6.07) is 3.43. The summed E-state index contributed by atoms with van der Waals surface area (Å²) < 4.78 is 32.4. The van der Waals surface area contributed by atoms with Gasteiger partial charge in [-0.25, -0.2) is 8.42 Å². The van der Waals surface area contributed by atoms with Crippen LogP contribution in [0.5, 0.6) is 0 Å². The third kappa shape index (κ3) is 5.45. The molecule has 8 heteroatoms. The minimum absolute atomic E-state index is 0. The van der Waals surface area contributed by atoms with Crippen LogP contribution < -0.4 is 34.9 Å². The number of nitrogens with one attached hydrogen (secondary N) is 1. The van der Waals surface area contributed by atoms with E-state index in [1.807, 2.05) is 0 Å². The molecule has 18 heavy (non-hydrogen) atoms. The van der Waals surface area contributed by atoms with Crippen molar-refractivity contribution in [2.45, 2.75) is 25.1 Å². The number of pyridine rings is 1. The fourth-order valence-electron chi connectivity index (χ4n) is 1.33. The summed E-state index contributed by atoms with van der Waals surface area (Å²) in [5.41, 5.74) is 0.735. The van der Waals surface area contributed by atoms with E-state index in [1.165, 1.54) is 6.92 Å². The first kappa shape index (κ1) is 17.5. The molecule has 1 rings (SSSR count). The summed E-state index contributed by atoms with van der Waals surface area (Å²) in [4.78, 5) is 15.3. The number of aromatic nitrogens is 1. The van der Waals surface area contributed by atoms with Crippen LogP contribution in [0, 0.1) is 0 Å². The Bertz CT molecular complexity index is 478. The second-order valence-corrected chi connectivity index (χ2v) is 5.02. The molecule has 0 aliphatic carbocycles. The fourth-order valence-corrected chi connectivity index (χ4v) is 2.08. The summed E-state index contributed by atoms with van der Waals surface area (Å²) in [5, 5.41) is 0.870. The van der Waals surface area contributed by atoms with E-state index in [0.717, 1.165) is 5.56 Å². The molecule has 6 nitrogen and oxygen atoms in total. The van der Waals surface area contributed by atoms with Crippen LogP contribution in [0.15, 0.2) is 24.5 Å². The zero-order valence-electron chi connectivity index (χ0n) is 10.3. The minimum Gasteiger partial charge on any atom is -0.747 e. The van der Waals surface area contributed by atoms with Gasteiger partial charge in [0.2, 0.25) is 5.91 Å². The maximum Gasteiger partial charge on any atom is 1.00 e. The Hall–Kier alpha value is -0.470. The van der Waals surface area contributed by atoms with Crippen molar-refractivity contribution in [2.75, 3.05) is 0 Å². The Morgan fingerprint density at radius 1 is 1.56 bits per heavy atom. The van der Waals surface area contributed by atoms with Crippen LogP contribution in [-0.2, 0) is 21.5 Å². The minimum atomic E-state index is -4.60. The molecule has 0 spiro atoms. The topological polar surface area (TPSA) is 99.2 Å². The van der Waals surface area contributed by atoms with E-state index >= 15 is 0 Å². The van der Waals surface area contributed by atoms with Gasteiger partial charge in [0.15, 0.2) is 0 Å². The van der Waals surface area contributed by atoms with Gasteiger partial charge in [0.1, 0.15) is 15.4 Å². The SMILES string of the molecule is CCC(C(=O)NCc1cccnc1)S(=O)(=O)[O-].[Na+]. The zero-order valence-corrected chi connectivity index (χ0v) is 13.1. The van der Waals surface area contributed by atoms with Crippen molar-refractivity contribution in [3.05, 3.63) is 30.1 Å². The zero-order chi connectivity index (χ0) is 12.9. The van der Waals surface area contributed by atoms with E-state index < -0.39 is 21.3 Å². The number of nitrogens with zero attached hydrogens (tertiary/aromatic N) is 1. The molecule has 0 saturated carbocycles. The van der Waals surface area contributed by atoms with Gasteiger partial charge in [-0.2, -0.15) is 0 Å². The van der Waals surface area contributed by atoms with Gasteiger partial charge in [-0.05, 0) is 18.1 Å². The van der Waals surface area contributed by atoms with Gasteiger partial charge in [0, 0.05) is 18.9 Å². The number of amides is 1. The average Bonchev–Trinajstić information content (AvgIpc) is 2.27. The molecular formula is C10H13N2NaO4S. The van der Waals surface area contributed by atoms with E-state index in [-0.39, 0.29) is 42.5 Å². The van der Waals surface area contributed by atoms with Crippen molar-refractivity contribution in [1.82, 2.24) is 10.3 Å². The van der Waals surface area contributed by atoms with Crippen molar-refractivity contribution < 1.29 is 47.3 Å². The van der Waals surface area contributed by atoms with E-state index in [1.54, 1.807) is 24.5 Å². The normalized spacial score (nSPS) is 12.3. The fraction of sp³-hybridized carbons (Fsp3) is 0.400. The molecule has 1 heterocycles. The first-order valence-corrected chi connectivity index (χ1v) is 6.53. The smallest absolute Gasteiger partial charge is 0.747 e. The molecule has 1 aromatic rings. The van der Waals surface area contributed by atoms with Gasteiger partial charge in [-0.3, -0.25) is 9.78 Å². The molecule has 94 valence electrons. The largest absolute Gasteiger partial charge is 1.00 e. The monoisotopic (exact) mass is 280 g/mol. The third-order valence-electron chi connectivity index (χ3n) is 2.20. The predicted molar refractivity (Wildman–Crippen MR) is 59.9 cm³/mol. The van der Waals surface area contributed by atoms with Crippen LogP contribution >= 0.6 is 0 Å². The first-order valence-electron chi connectivity index (χ1n) is 5.06. The number of rotatable bonds is 5. The quantitative estimate of drug-likeness (QED) is 0.458. The van der Waals surface area contributed by atoms with E-state index in [2.05, 4.69) is 10.3 Å². The van der Waals surface area contributed by atoms with Crippen LogP contribution in [-0.4, -0.2) is 29.1 Å². The van der Waals surface area contributed by atoms with Gasteiger partial charge in [0.05, 0.1) is 0 Å². The summed E-state index contributed by atoms with van der Waals surface area (Å²) in [5.74, 6) is -0.772. The molecule has 1 aromatic heterocycles. The molecule has 0 fully saturated rings. The molecular weight excluding hydrogens is 267 g/mol. The van der Waals surface area contributed by atoms with Crippen molar-refractivity contribution in [1.29, 1.82) is 0 Å². The molecule has 0 radical (unpaired) electrons. The Morgan fingerprint density at radius 2 is 2.22 bits per heavy atom. The summed E-state index contributed by atoms with van der Waals surface area (Å²) in [6.07, 6.45) is 3.10. The maximum absolute atomic E-state index is 11.5. The van der Waals surface area contributed by atoms with Crippen LogP contribution in [0.25, 0.3) is 0 Å². The number of carbonyl (C=O) groups excluding carboxylic acids is 1. The van der Waals surface area contributed by atoms with Crippen LogP contribution in [0.3, 0.4) is 0 Å². The molecule has 0 aliphatic heterocycles. The molecule has 0 aromatic carbocycles. The van der Waals surface area contributed by atoms with Crippen molar-refractivity contribution in [2.24, 2.45) is 0 Å². The molecule has 1 unspecified atom stereocenters. The number of hydrogen-bond acceptors (Lipinski definition) is 5. The van der Waals surface area contributed by atoms with Crippen molar-refractivity contribution >= 4 is 16.0 Å². The van der Waals surface area contributed by atoms with Crippen molar-refractivity contribution in [3.8, 4) is 0 Å². The summed E-state index contributed by atoms with van der Waals surface area (Å²) >= 11 is 0. The number of hydrogen-bond donors (Lipinski definition) is 1. The standard InChI is InChI=1S/C10H14N2O4S.Na/c1-2-9(17(14,15)16)10(13)12-7-8-4-3-5-11-6-8;/h3-6,9H,2,7H2,1H3,(H,12,13)(H,14,15,16);/q;+1/p-1. The average molecular weight is 280 g/mol. The third-order valence-corrected chi connectivity index (χ3v) is 3.45. The van der Waals surface area contributed by atoms with Gasteiger partial charge in [0.25, 0.3) is 0 Å². The molecule has 1 N–H and O–H groups in total. The Labute approximate surface area is 128 Å². The van der Waals surface area contributed by atoms with Gasteiger partial charge < -0.3 is 9.87 Å². The first-order chi connectivity index (χ1) is 7.95. The Balaban J connectivity index is 0.00000289. The van der Waals surface area contributed by atoms with E-state index in [9.17, 15) is 17.8 Å². The second-order valence-electron chi connectivity index (χ2n) is 3.47. The van der Waals surface area contributed by atoms with Crippen LogP contribution in [0.4, 0.5) is 0 Å². The van der Waals surface area contributed by atoms with Crippen molar-refractivity contribution in [3.63, 3.8) is 0 Å². The van der Waals surface area contributed by atoms with Gasteiger partial charge >= 0.3 is 29.6 Å². The molecule has 1 amide bonds. The molecule has 1 atom stereocenters. The summed E-state index contributed by atoms with van der Waals surface area (Å²) in [7, 11) is -4.60. The van der Waals surface area contributed by atoms with Crippen LogP contribution in [0.2, 0.25) is 0 Å². The molecule has 0 aliphatic rings. The number of carbonyl (C=O) groups is 1. The molecule has 0 bridgehead atoms. The van der Waals surface area contributed by atoms with E-state index in [4.69, 9.17) is 0 Å². The maximum atomic E-state index is 11.5. The van der Waals surface area contributed by atoms with Crippen LogP contribution in [0.1, 0.15) is 18.9 Å². The summed E-state index contributed by atoms with van der Waals surface area (Å²) in [6.45, 7) is 1.63. The Morgan fingerprint density at radius 3 is 2.67 bits per heavy atom. The van der Waals surface area contributed by atoms with Gasteiger partial charge in [-0.1, -0.05) is 13.0 Å². The Kier molecular flexibility index (Phi) is 7.65. The second kappa shape index (κ2) is 7.85. The predicted octanol–water partition coefficient (Wildman–Crippen LogP) is -2.97. The molecule has 0 saturated heterocycles.